The van der Waals surface area contributed by atoms with Crippen molar-refractivity contribution in [2.24, 2.45) is 5.73 Å². The molecule has 106 valence electrons. The monoisotopic (exact) mass is 275 g/mol. The Morgan fingerprint density at radius 2 is 2.00 bits per heavy atom. The van der Waals surface area contributed by atoms with E-state index >= 15 is 0 Å². The highest BCUT2D eigenvalue weighted by atomic mass is 19.4. The highest BCUT2D eigenvalue weighted by molar-refractivity contribution is 5.92. The fourth-order valence-electron chi connectivity index (χ4n) is 1.62. The Balaban J connectivity index is 2.56. The summed E-state index contributed by atoms with van der Waals surface area (Å²) in [5.41, 5.74) is 6.75. The summed E-state index contributed by atoms with van der Waals surface area (Å²) in [6.07, 6.45) is -4.32. The third kappa shape index (κ3) is 5.71. The number of amides is 1. The van der Waals surface area contributed by atoms with Crippen molar-refractivity contribution >= 4 is 11.6 Å². The van der Waals surface area contributed by atoms with Crippen molar-refractivity contribution < 1.29 is 18.0 Å². The molecule has 1 aromatic rings. The van der Waals surface area contributed by atoms with E-state index in [0.29, 0.717) is 5.69 Å². The number of anilines is 1. The lowest BCUT2D eigenvalue weighted by atomic mass is 10.2. The third-order valence-corrected chi connectivity index (χ3v) is 2.37. The molecule has 0 aliphatic rings. The van der Waals surface area contributed by atoms with Gasteiger partial charge in [-0.15, -0.1) is 0 Å². The van der Waals surface area contributed by atoms with E-state index in [1.807, 2.05) is 0 Å². The Kier molecular flexibility index (Phi) is 5.31. The minimum atomic E-state index is -4.32. The summed E-state index contributed by atoms with van der Waals surface area (Å²) in [4.78, 5) is 12.5. The molecule has 0 aliphatic carbocycles. The van der Waals surface area contributed by atoms with Crippen molar-refractivity contribution in [2.75, 3.05) is 25.5 Å². The van der Waals surface area contributed by atoms with Crippen LogP contribution in [-0.4, -0.2) is 37.1 Å². The first-order chi connectivity index (χ1) is 8.81. The smallest absolute Gasteiger partial charge is 0.326 e. The molecular formula is C12H16F3N3O. The van der Waals surface area contributed by atoms with Gasteiger partial charge in [-0.25, -0.2) is 0 Å². The van der Waals surface area contributed by atoms with Gasteiger partial charge >= 0.3 is 6.18 Å². The number of benzene rings is 1. The van der Waals surface area contributed by atoms with Crippen molar-refractivity contribution in [3.63, 3.8) is 0 Å². The van der Waals surface area contributed by atoms with Crippen LogP contribution in [0, 0.1) is 0 Å². The second-order valence-electron chi connectivity index (χ2n) is 4.20. The number of halogens is 3. The van der Waals surface area contributed by atoms with Crippen LogP contribution in [-0.2, 0) is 11.3 Å². The van der Waals surface area contributed by atoms with Crippen LogP contribution in [0.1, 0.15) is 5.56 Å². The molecule has 0 aromatic heterocycles. The van der Waals surface area contributed by atoms with Crippen LogP contribution in [0.2, 0.25) is 0 Å². The largest absolute Gasteiger partial charge is 0.401 e. The SMILES string of the molecule is CN(CC(=O)Nc1ccccc1CN)CC(F)(F)F. The standard InChI is InChI=1S/C12H16F3N3O/c1-18(8-12(13,14)15)7-11(19)17-10-5-3-2-4-9(10)6-16/h2-5H,6-8,16H2,1H3,(H,17,19). The van der Waals surface area contributed by atoms with Gasteiger partial charge in [0.1, 0.15) is 0 Å². The van der Waals surface area contributed by atoms with Crippen LogP contribution in [0.15, 0.2) is 24.3 Å². The van der Waals surface area contributed by atoms with Crippen molar-refractivity contribution in [1.82, 2.24) is 4.90 Å². The molecule has 7 heteroatoms. The van der Waals surface area contributed by atoms with Gasteiger partial charge in [-0.1, -0.05) is 18.2 Å². The van der Waals surface area contributed by atoms with Gasteiger partial charge in [0, 0.05) is 12.2 Å². The zero-order valence-electron chi connectivity index (χ0n) is 10.5. The molecule has 0 atom stereocenters. The first-order valence-corrected chi connectivity index (χ1v) is 5.65. The molecule has 1 aromatic carbocycles. The Bertz CT molecular complexity index is 434. The average molecular weight is 275 g/mol. The van der Waals surface area contributed by atoms with Crippen LogP contribution < -0.4 is 11.1 Å². The van der Waals surface area contributed by atoms with Crippen LogP contribution in [0.5, 0.6) is 0 Å². The van der Waals surface area contributed by atoms with E-state index in [-0.39, 0.29) is 13.1 Å². The number of nitrogens with one attached hydrogen (secondary N) is 1. The van der Waals surface area contributed by atoms with Gasteiger partial charge in [0.25, 0.3) is 0 Å². The van der Waals surface area contributed by atoms with E-state index in [1.165, 1.54) is 7.05 Å². The number of carbonyl (C=O) groups excluding carboxylic acids is 1. The highest BCUT2D eigenvalue weighted by Gasteiger charge is 2.29. The Labute approximate surface area is 109 Å². The first kappa shape index (κ1) is 15.5. The van der Waals surface area contributed by atoms with E-state index < -0.39 is 18.6 Å². The molecule has 0 saturated carbocycles. The number of alkyl halides is 3. The lowest BCUT2D eigenvalue weighted by Gasteiger charge is -2.18. The zero-order chi connectivity index (χ0) is 14.5. The predicted molar refractivity (Wildman–Crippen MR) is 66.5 cm³/mol. The number of hydrogen-bond acceptors (Lipinski definition) is 3. The number of likely N-dealkylation sites (N-methyl/N-ethyl adjacent to an activating group) is 1. The van der Waals surface area contributed by atoms with Gasteiger partial charge in [0.15, 0.2) is 0 Å². The molecular weight excluding hydrogens is 259 g/mol. The van der Waals surface area contributed by atoms with E-state index in [2.05, 4.69) is 5.32 Å². The summed E-state index contributed by atoms with van der Waals surface area (Å²) < 4.78 is 36.3. The topological polar surface area (TPSA) is 58.4 Å². The molecule has 0 spiro atoms. The Morgan fingerprint density at radius 3 is 2.58 bits per heavy atom. The van der Waals surface area contributed by atoms with Gasteiger partial charge in [0.2, 0.25) is 5.91 Å². The molecule has 0 aliphatic heterocycles. The third-order valence-electron chi connectivity index (χ3n) is 2.37. The molecule has 0 bridgehead atoms. The number of para-hydroxylation sites is 1. The summed E-state index contributed by atoms with van der Waals surface area (Å²) in [6, 6.07) is 6.89. The fourth-order valence-corrected chi connectivity index (χ4v) is 1.62. The molecule has 0 radical (unpaired) electrons. The summed E-state index contributed by atoms with van der Waals surface area (Å²) in [5.74, 6) is -0.507. The normalized spacial score (nSPS) is 11.7. The maximum atomic E-state index is 12.1. The van der Waals surface area contributed by atoms with Crippen molar-refractivity contribution in [3.05, 3.63) is 29.8 Å². The molecule has 0 unspecified atom stereocenters. The second kappa shape index (κ2) is 6.53. The molecule has 0 heterocycles. The molecule has 19 heavy (non-hydrogen) atoms. The molecule has 1 rings (SSSR count). The molecule has 1 amide bonds. The predicted octanol–water partition coefficient (Wildman–Crippen LogP) is 1.58. The van der Waals surface area contributed by atoms with E-state index in [0.717, 1.165) is 10.5 Å². The van der Waals surface area contributed by atoms with E-state index in [4.69, 9.17) is 5.73 Å². The second-order valence-corrected chi connectivity index (χ2v) is 4.20. The summed E-state index contributed by atoms with van der Waals surface area (Å²) in [6.45, 7) is -1.22. The lowest BCUT2D eigenvalue weighted by Crippen LogP contribution is -2.37. The van der Waals surface area contributed by atoms with Crippen molar-refractivity contribution in [1.29, 1.82) is 0 Å². The van der Waals surface area contributed by atoms with Crippen LogP contribution in [0.3, 0.4) is 0 Å². The average Bonchev–Trinajstić information content (AvgIpc) is 2.26. The molecule has 4 nitrogen and oxygen atoms in total. The van der Waals surface area contributed by atoms with Gasteiger partial charge in [-0.3, -0.25) is 9.69 Å². The summed E-state index contributed by atoms with van der Waals surface area (Å²) in [5, 5.41) is 2.55. The minimum Gasteiger partial charge on any atom is -0.326 e. The molecule has 0 fully saturated rings. The Morgan fingerprint density at radius 1 is 1.37 bits per heavy atom. The van der Waals surface area contributed by atoms with Crippen molar-refractivity contribution in [2.45, 2.75) is 12.7 Å². The Hall–Kier alpha value is -1.60. The number of nitrogens with zero attached hydrogens (tertiary/aromatic N) is 1. The van der Waals surface area contributed by atoms with Gasteiger partial charge < -0.3 is 11.1 Å². The van der Waals surface area contributed by atoms with Gasteiger partial charge in [0.05, 0.1) is 13.1 Å². The first-order valence-electron chi connectivity index (χ1n) is 5.65. The maximum absolute atomic E-state index is 12.1. The highest BCUT2D eigenvalue weighted by Crippen LogP contribution is 2.16. The number of hydrogen-bond donors (Lipinski definition) is 2. The molecule has 3 N–H and O–H groups in total. The number of nitrogens with two attached hydrogens (primary N) is 1. The molecule has 0 saturated heterocycles. The fraction of sp³-hybridized carbons (Fsp3) is 0.417. The van der Waals surface area contributed by atoms with Crippen LogP contribution >= 0.6 is 0 Å². The van der Waals surface area contributed by atoms with Gasteiger partial charge in [-0.2, -0.15) is 13.2 Å². The van der Waals surface area contributed by atoms with E-state index in [1.54, 1.807) is 24.3 Å². The summed E-state index contributed by atoms with van der Waals surface area (Å²) in [7, 11) is 1.24. The maximum Gasteiger partial charge on any atom is 0.401 e. The van der Waals surface area contributed by atoms with Gasteiger partial charge in [-0.05, 0) is 18.7 Å². The minimum absolute atomic E-state index is 0.245. The summed E-state index contributed by atoms with van der Waals surface area (Å²) >= 11 is 0. The van der Waals surface area contributed by atoms with Crippen molar-refractivity contribution in [3.8, 4) is 0 Å². The lowest BCUT2D eigenvalue weighted by molar-refractivity contribution is -0.145. The number of rotatable bonds is 5. The van der Waals surface area contributed by atoms with Crippen LogP contribution in [0.25, 0.3) is 0 Å². The van der Waals surface area contributed by atoms with Crippen LogP contribution in [0.4, 0.5) is 18.9 Å². The van der Waals surface area contributed by atoms with E-state index in [9.17, 15) is 18.0 Å². The zero-order valence-corrected chi connectivity index (χ0v) is 10.5. The number of carbonyl (C=O) groups is 1. The quantitative estimate of drug-likeness (QED) is 0.857.